The van der Waals surface area contributed by atoms with Crippen molar-refractivity contribution in [2.24, 2.45) is 0 Å². The summed E-state index contributed by atoms with van der Waals surface area (Å²) in [5.74, 6) is -0.499. The van der Waals surface area contributed by atoms with Gasteiger partial charge in [-0.25, -0.2) is 4.39 Å². The summed E-state index contributed by atoms with van der Waals surface area (Å²) in [5, 5.41) is 13.7. The fourth-order valence-electron chi connectivity index (χ4n) is 4.16. The number of amides is 1. The standard InChI is InChI=1S/C21H28FN5O/c1-2-27-10-8-16(9-11-27)24-18-6-7-19(18)25-21(28)17-13-23-26-20(17)14-4-3-5-15(22)12-14/h3-5,12-13,16,18-19,24H,2,6-11H2,1H3,(H,23,26)(H,25,28)/t18-,19+/m1/s1. The Hall–Kier alpha value is -2.25. The predicted molar refractivity (Wildman–Crippen MR) is 107 cm³/mol. The molecule has 2 heterocycles. The molecule has 4 rings (SSSR count). The van der Waals surface area contributed by atoms with Crippen LogP contribution in [-0.4, -0.2) is 58.8 Å². The summed E-state index contributed by atoms with van der Waals surface area (Å²) in [6.07, 6.45) is 5.90. The molecule has 28 heavy (non-hydrogen) atoms. The van der Waals surface area contributed by atoms with Crippen molar-refractivity contribution >= 4 is 5.91 Å². The van der Waals surface area contributed by atoms with Gasteiger partial charge < -0.3 is 15.5 Å². The van der Waals surface area contributed by atoms with E-state index in [4.69, 9.17) is 0 Å². The first-order chi connectivity index (χ1) is 13.6. The van der Waals surface area contributed by atoms with Gasteiger partial charge in [-0.3, -0.25) is 9.89 Å². The Balaban J connectivity index is 1.35. The van der Waals surface area contributed by atoms with Crippen LogP contribution in [-0.2, 0) is 0 Å². The van der Waals surface area contributed by atoms with E-state index in [1.54, 1.807) is 12.1 Å². The molecular weight excluding hydrogens is 357 g/mol. The van der Waals surface area contributed by atoms with Gasteiger partial charge in [-0.05, 0) is 57.5 Å². The van der Waals surface area contributed by atoms with Crippen LogP contribution in [0.4, 0.5) is 4.39 Å². The normalized spacial score (nSPS) is 23.4. The zero-order valence-corrected chi connectivity index (χ0v) is 16.2. The van der Waals surface area contributed by atoms with Gasteiger partial charge in [-0.15, -0.1) is 0 Å². The largest absolute Gasteiger partial charge is 0.348 e. The first-order valence-corrected chi connectivity index (χ1v) is 10.2. The molecule has 2 atom stereocenters. The third kappa shape index (κ3) is 4.10. The van der Waals surface area contributed by atoms with E-state index in [0.29, 0.717) is 28.9 Å². The minimum atomic E-state index is -0.337. The van der Waals surface area contributed by atoms with E-state index in [2.05, 4.69) is 32.7 Å². The molecule has 1 saturated heterocycles. The number of halogens is 1. The molecule has 2 aromatic rings. The van der Waals surface area contributed by atoms with E-state index in [1.807, 2.05) is 0 Å². The van der Waals surface area contributed by atoms with Gasteiger partial charge in [0.1, 0.15) is 5.82 Å². The van der Waals surface area contributed by atoms with Gasteiger partial charge in [0.2, 0.25) is 0 Å². The summed E-state index contributed by atoms with van der Waals surface area (Å²) in [6.45, 7) is 5.61. The lowest BCUT2D eigenvalue weighted by atomic mass is 9.84. The van der Waals surface area contributed by atoms with E-state index in [9.17, 15) is 9.18 Å². The number of aromatic amines is 1. The molecule has 0 radical (unpaired) electrons. The van der Waals surface area contributed by atoms with Crippen molar-refractivity contribution in [3.05, 3.63) is 41.8 Å². The summed E-state index contributed by atoms with van der Waals surface area (Å²) >= 11 is 0. The zero-order chi connectivity index (χ0) is 19.5. The SMILES string of the molecule is CCN1CCC(N[C@@H]2CC[C@@H]2NC(=O)c2cn[nH]c2-c2cccc(F)c2)CC1. The second-order valence-electron chi connectivity index (χ2n) is 7.81. The number of carbonyl (C=O) groups excluding carboxylic acids is 1. The summed E-state index contributed by atoms with van der Waals surface area (Å²) in [7, 11) is 0. The topological polar surface area (TPSA) is 73.0 Å². The number of nitrogens with one attached hydrogen (secondary N) is 3. The van der Waals surface area contributed by atoms with Crippen LogP contribution in [0.15, 0.2) is 30.5 Å². The van der Waals surface area contributed by atoms with Crippen molar-refractivity contribution in [1.82, 2.24) is 25.7 Å². The van der Waals surface area contributed by atoms with Crippen LogP contribution in [0.3, 0.4) is 0 Å². The van der Waals surface area contributed by atoms with Crippen molar-refractivity contribution < 1.29 is 9.18 Å². The van der Waals surface area contributed by atoms with Crippen LogP contribution in [0.5, 0.6) is 0 Å². The first kappa shape index (κ1) is 19.1. The van der Waals surface area contributed by atoms with E-state index in [0.717, 1.165) is 45.3 Å². The number of aromatic nitrogens is 2. The van der Waals surface area contributed by atoms with Crippen molar-refractivity contribution in [3.63, 3.8) is 0 Å². The van der Waals surface area contributed by atoms with Gasteiger partial charge in [0.05, 0.1) is 17.5 Å². The van der Waals surface area contributed by atoms with Gasteiger partial charge in [-0.1, -0.05) is 19.1 Å². The highest BCUT2D eigenvalue weighted by Gasteiger charge is 2.34. The third-order valence-electron chi connectivity index (χ3n) is 6.07. The number of hydrogen-bond acceptors (Lipinski definition) is 4. The summed E-state index contributed by atoms with van der Waals surface area (Å²) in [5.41, 5.74) is 1.62. The van der Waals surface area contributed by atoms with Crippen LogP contribution in [0.1, 0.15) is 43.0 Å². The number of nitrogens with zero attached hydrogens (tertiary/aromatic N) is 2. The molecule has 1 aliphatic carbocycles. The molecule has 1 aliphatic heterocycles. The molecule has 0 bridgehead atoms. The summed E-state index contributed by atoms with van der Waals surface area (Å²) in [6, 6.07) is 7.17. The van der Waals surface area contributed by atoms with Crippen LogP contribution >= 0.6 is 0 Å². The van der Waals surface area contributed by atoms with E-state index in [1.165, 1.54) is 18.3 Å². The molecule has 1 aromatic carbocycles. The van der Waals surface area contributed by atoms with Gasteiger partial charge in [0.25, 0.3) is 5.91 Å². The Kier molecular flexibility index (Phi) is 5.73. The Morgan fingerprint density at radius 3 is 2.71 bits per heavy atom. The molecule has 3 N–H and O–H groups in total. The number of hydrogen-bond donors (Lipinski definition) is 3. The second-order valence-corrected chi connectivity index (χ2v) is 7.81. The third-order valence-corrected chi connectivity index (χ3v) is 6.07. The lowest BCUT2D eigenvalue weighted by Crippen LogP contribution is -2.60. The van der Waals surface area contributed by atoms with Gasteiger partial charge >= 0.3 is 0 Å². The van der Waals surface area contributed by atoms with Crippen LogP contribution in [0.25, 0.3) is 11.3 Å². The van der Waals surface area contributed by atoms with Gasteiger partial charge in [0, 0.05) is 23.7 Å². The van der Waals surface area contributed by atoms with Crippen LogP contribution in [0, 0.1) is 5.82 Å². The smallest absolute Gasteiger partial charge is 0.255 e. The fraction of sp³-hybridized carbons (Fsp3) is 0.524. The lowest BCUT2D eigenvalue weighted by Gasteiger charge is -2.42. The van der Waals surface area contributed by atoms with Crippen molar-refractivity contribution in [2.45, 2.75) is 50.7 Å². The van der Waals surface area contributed by atoms with Gasteiger partial charge in [0.15, 0.2) is 0 Å². The van der Waals surface area contributed by atoms with Crippen molar-refractivity contribution in [2.75, 3.05) is 19.6 Å². The van der Waals surface area contributed by atoms with Crippen LogP contribution in [0.2, 0.25) is 0 Å². The zero-order valence-electron chi connectivity index (χ0n) is 16.2. The molecule has 7 heteroatoms. The maximum atomic E-state index is 13.5. The van der Waals surface area contributed by atoms with E-state index < -0.39 is 0 Å². The van der Waals surface area contributed by atoms with Crippen molar-refractivity contribution in [3.8, 4) is 11.3 Å². The molecule has 6 nitrogen and oxygen atoms in total. The predicted octanol–water partition coefficient (Wildman–Crippen LogP) is 2.55. The Morgan fingerprint density at radius 2 is 2.04 bits per heavy atom. The second kappa shape index (κ2) is 8.41. The fourth-order valence-corrected chi connectivity index (χ4v) is 4.16. The monoisotopic (exact) mass is 385 g/mol. The number of piperidine rings is 1. The number of carbonyl (C=O) groups is 1. The summed E-state index contributed by atoms with van der Waals surface area (Å²) < 4.78 is 13.5. The maximum absolute atomic E-state index is 13.5. The summed E-state index contributed by atoms with van der Waals surface area (Å²) in [4.78, 5) is 15.3. The quantitative estimate of drug-likeness (QED) is 0.715. The molecule has 0 spiro atoms. The Labute approximate surface area is 164 Å². The molecule has 1 aromatic heterocycles. The molecule has 0 unspecified atom stereocenters. The number of rotatable bonds is 6. The number of likely N-dealkylation sites (tertiary alicyclic amines) is 1. The highest BCUT2D eigenvalue weighted by molar-refractivity contribution is 6.00. The molecule has 2 fully saturated rings. The number of benzene rings is 1. The Bertz CT molecular complexity index is 815. The van der Waals surface area contributed by atoms with Gasteiger partial charge in [-0.2, -0.15) is 5.10 Å². The number of H-pyrrole nitrogens is 1. The van der Waals surface area contributed by atoms with Crippen molar-refractivity contribution in [1.29, 1.82) is 0 Å². The minimum absolute atomic E-state index is 0.131. The van der Waals surface area contributed by atoms with E-state index in [-0.39, 0.29) is 17.8 Å². The maximum Gasteiger partial charge on any atom is 0.255 e. The molecule has 150 valence electrons. The minimum Gasteiger partial charge on any atom is -0.348 e. The average molecular weight is 385 g/mol. The molecular formula is C21H28FN5O. The molecule has 2 aliphatic rings. The molecule has 1 saturated carbocycles. The highest BCUT2D eigenvalue weighted by atomic mass is 19.1. The Morgan fingerprint density at radius 1 is 1.25 bits per heavy atom. The van der Waals surface area contributed by atoms with Crippen LogP contribution < -0.4 is 10.6 Å². The average Bonchev–Trinajstić information content (AvgIpc) is 3.20. The van der Waals surface area contributed by atoms with E-state index >= 15 is 0 Å². The lowest BCUT2D eigenvalue weighted by molar-refractivity contribution is 0.0880. The highest BCUT2D eigenvalue weighted by Crippen LogP contribution is 2.25. The molecule has 1 amide bonds. The first-order valence-electron chi connectivity index (χ1n) is 10.2.